The van der Waals surface area contributed by atoms with Gasteiger partial charge in [-0.1, -0.05) is 18.6 Å². The molecular formula is C21H24O6. The summed E-state index contributed by atoms with van der Waals surface area (Å²) in [5, 5.41) is 0. The Morgan fingerprint density at radius 3 is 2.59 bits per heavy atom. The lowest BCUT2D eigenvalue weighted by molar-refractivity contribution is -0.158. The molecule has 144 valence electrons. The highest BCUT2D eigenvalue weighted by Crippen LogP contribution is 2.60. The molecule has 1 saturated carbocycles. The van der Waals surface area contributed by atoms with Crippen molar-refractivity contribution in [2.24, 2.45) is 35.0 Å². The van der Waals surface area contributed by atoms with E-state index in [9.17, 15) is 19.2 Å². The second kappa shape index (κ2) is 5.88. The third-order valence-electron chi connectivity index (χ3n) is 7.30. The molecule has 1 heterocycles. The number of fused-ring (bicyclic) bond motifs is 5. The van der Waals surface area contributed by atoms with Gasteiger partial charge in [-0.3, -0.25) is 19.2 Å². The molecule has 6 nitrogen and oxygen atoms in total. The molecule has 0 unspecified atom stereocenters. The lowest BCUT2D eigenvalue weighted by Gasteiger charge is -2.52. The van der Waals surface area contributed by atoms with Crippen molar-refractivity contribution < 1.29 is 28.7 Å². The maximum Gasteiger partial charge on any atom is 0.310 e. The number of methoxy groups -OCH3 is 1. The van der Waals surface area contributed by atoms with Gasteiger partial charge in [0, 0.05) is 17.3 Å². The van der Waals surface area contributed by atoms with Gasteiger partial charge in [-0.15, -0.1) is 0 Å². The maximum absolute atomic E-state index is 13.1. The number of carbonyl (C=O) groups excluding carboxylic acids is 4. The molecule has 1 aliphatic heterocycles. The molecule has 0 spiro atoms. The van der Waals surface area contributed by atoms with E-state index in [0.717, 1.165) is 5.57 Å². The minimum Gasteiger partial charge on any atom is -0.469 e. The molecule has 0 bridgehead atoms. The summed E-state index contributed by atoms with van der Waals surface area (Å²) < 4.78 is 10.4. The summed E-state index contributed by atoms with van der Waals surface area (Å²) in [6.45, 7) is 5.35. The summed E-state index contributed by atoms with van der Waals surface area (Å²) in [4.78, 5) is 50.8. The molecule has 4 rings (SSSR count). The minimum absolute atomic E-state index is 0.00376. The molecular weight excluding hydrogens is 348 g/mol. The fourth-order valence-electron chi connectivity index (χ4n) is 5.86. The van der Waals surface area contributed by atoms with Crippen LogP contribution < -0.4 is 0 Å². The molecule has 2 fully saturated rings. The Kier molecular flexibility index (Phi) is 3.95. The second-order valence-electron chi connectivity index (χ2n) is 8.44. The summed E-state index contributed by atoms with van der Waals surface area (Å²) in [6.07, 6.45) is 3.90. The van der Waals surface area contributed by atoms with Crippen molar-refractivity contribution in [2.45, 2.75) is 39.7 Å². The molecule has 0 aromatic heterocycles. The second-order valence-corrected chi connectivity index (χ2v) is 8.44. The average molecular weight is 372 g/mol. The SMILES string of the molecule is COC(=O)[C@H]1C[C@H]2C(=CC[C@@H]3C(=O)C(C)=CC(=O)[C@]32C)[C@@H]2[C@H]1C(=O)O[C@H]2C. The molecule has 0 N–H and O–H groups in total. The maximum atomic E-state index is 13.1. The van der Waals surface area contributed by atoms with Crippen molar-refractivity contribution in [3.05, 3.63) is 23.3 Å². The van der Waals surface area contributed by atoms with Gasteiger partial charge in [-0.25, -0.2) is 0 Å². The fourth-order valence-corrected chi connectivity index (χ4v) is 5.86. The zero-order chi connectivity index (χ0) is 19.7. The molecule has 4 aliphatic rings. The molecule has 3 aliphatic carbocycles. The zero-order valence-corrected chi connectivity index (χ0v) is 16.0. The zero-order valence-electron chi connectivity index (χ0n) is 16.0. The van der Waals surface area contributed by atoms with Gasteiger partial charge < -0.3 is 9.47 Å². The van der Waals surface area contributed by atoms with Crippen molar-refractivity contribution in [1.29, 1.82) is 0 Å². The number of hydrogen-bond donors (Lipinski definition) is 0. The first-order chi connectivity index (χ1) is 12.7. The summed E-state index contributed by atoms with van der Waals surface area (Å²) in [5.41, 5.74) is 0.583. The number of cyclic esters (lactones) is 1. The fraction of sp³-hybridized carbons (Fsp3) is 0.619. The highest BCUT2D eigenvalue weighted by molar-refractivity contribution is 6.12. The smallest absolute Gasteiger partial charge is 0.310 e. The lowest BCUT2D eigenvalue weighted by atomic mass is 9.48. The van der Waals surface area contributed by atoms with Crippen LogP contribution in [0.25, 0.3) is 0 Å². The Morgan fingerprint density at radius 1 is 1.22 bits per heavy atom. The van der Waals surface area contributed by atoms with Crippen LogP contribution in [0.4, 0.5) is 0 Å². The van der Waals surface area contributed by atoms with Gasteiger partial charge in [0.25, 0.3) is 0 Å². The molecule has 1 saturated heterocycles. The van der Waals surface area contributed by atoms with Gasteiger partial charge in [0.1, 0.15) is 6.10 Å². The number of Topliss-reactive ketones (excluding diaryl/α,β-unsaturated/α-hetero) is 1. The molecule has 27 heavy (non-hydrogen) atoms. The first kappa shape index (κ1) is 18.1. The highest BCUT2D eigenvalue weighted by Gasteiger charge is 2.63. The average Bonchev–Trinajstić information content (AvgIpc) is 2.94. The Morgan fingerprint density at radius 2 is 1.93 bits per heavy atom. The van der Waals surface area contributed by atoms with Crippen molar-refractivity contribution in [1.82, 2.24) is 0 Å². The highest BCUT2D eigenvalue weighted by atomic mass is 16.6. The molecule has 0 aromatic carbocycles. The summed E-state index contributed by atoms with van der Waals surface area (Å²) in [5.74, 6) is -3.11. The quantitative estimate of drug-likeness (QED) is 0.517. The Labute approximate surface area is 158 Å². The van der Waals surface area contributed by atoms with Crippen LogP contribution in [0.15, 0.2) is 23.3 Å². The Balaban J connectivity index is 1.85. The molecule has 0 aromatic rings. The van der Waals surface area contributed by atoms with Crippen molar-refractivity contribution in [3.63, 3.8) is 0 Å². The standard InChI is InChI=1S/C21H24O6/c1-9-7-15(22)21(3)13(18(9)23)6-5-11-14(21)8-12(19(24)26-4)17-16(11)10(2)27-20(17)25/h5,7,10,12-14,16-17H,6,8H2,1-4H3/t10-,12-,13+,14-,16+,17-,21+/m0/s1. The van der Waals surface area contributed by atoms with Gasteiger partial charge >= 0.3 is 11.9 Å². The van der Waals surface area contributed by atoms with Gasteiger partial charge in [-0.05, 0) is 44.3 Å². The number of carbonyl (C=O) groups is 4. The van der Waals surface area contributed by atoms with Crippen LogP contribution >= 0.6 is 0 Å². The molecule has 0 radical (unpaired) electrons. The molecule has 6 heteroatoms. The minimum atomic E-state index is -0.900. The Bertz CT molecular complexity index is 821. The van der Waals surface area contributed by atoms with E-state index in [-0.39, 0.29) is 35.5 Å². The number of ether oxygens (including phenoxy) is 2. The number of esters is 2. The molecule has 7 atom stereocenters. The lowest BCUT2D eigenvalue weighted by Crippen LogP contribution is -2.55. The van der Waals surface area contributed by atoms with Crippen molar-refractivity contribution in [3.8, 4) is 0 Å². The van der Waals surface area contributed by atoms with Crippen LogP contribution in [-0.4, -0.2) is 36.7 Å². The van der Waals surface area contributed by atoms with Crippen molar-refractivity contribution in [2.75, 3.05) is 7.11 Å². The van der Waals surface area contributed by atoms with E-state index in [2.05, 4.69) is 0 Å². The van der Waals surface area contributed by atoms with E-state index in [1.807, 2.05) is 19.9 Å². The van der Waals surface area contributed by atoms with Crippen LogP contribution in [-0.2, 0) is 28.7 Å². The van der Waals surface area contributed by atoms with E-state index < -0.39 is 29.1 Å². The van der Waals surface area contributed by atoms with Crippen LogP contribution in [0.5, 0.6) is 0 Å². The van der Waals surface area contributed by atoms with Gasteiger partial charge in [-0.2, -0.15) is 0 Å². The van der Waals surface area contributed by atoms with Crippen LogP contribution in [0, 0.1) is 35.0 Å². The summed E-state index contributed by atoms with van der Waals surface area (Å²) in [6, 6.07) is 0. The van der Waals surface area contributed by atoms with E-state index in [1.165, 1.54) is 13.2 Å². The van der Waals surface area contributed by atoms with E-state index in [4.69, 9.17) is 9.47 Å². The predicted molar refractivity (Wildman–Crippen MR) is 94.2 cm³/mol. The number of rotatable bonds is 1. The van der Waals surface area contributed by atoms with E-state index >= 15 is 0 Å². The monoisotopic (exact) mass is 372 g/mol. The van der Waals surface area contributed by atoms with Gasteiger partial charge in [0.15, 0.2) is 11.6 Å². The van der Waals surface area contributed by atoms with E-state index in [0.29, 0.717) is 18.4 Å². The number of allylic oxidation sites excluding steroid dienone is 3. The third-order valence-corrected chi connectivity index (χ3v) is 7.30. The van der Waals surface area contributed by atoms with Gasteiger partial charge in [0.05, 0.1) is 18.9 Å². The first-order valence-corrected chi connectivity index (χ1v) is 9.47. The van der Waals surface area contributed by atoms with E-state index in [1.54, 1.807) is 6.92 Å². The van der Waals surface area contributed by atoms with Crippen LogP contribution in [0.2, 0.25) is 0 Å². The molecule has 0 amide bonds. The topological polar surface area (TPSA) is 86.7 Å². The number of ketones is 2. The number of hydrogen-bond acceptors (Lipinski definition) is 6. The largest absolute Gasteiger partial charge is 0.469 e. The van der Waals surface area contributed by atoms with Crippen LogP contribution in [0.1, 0.15) is 33.6 Å². The summed E-state index contributed by atoms with van der Waals surface area (Å²) >= 11 is 0. The van der Waals surface area contributed by atoms with Crippen LogP contribution in [0.3, 0.4) is 0 Å². The third kappa shape index (κ3) is 2.25. The predicted octanol–water partition coefficient (Wildman–Crippen LogP) is 2.02. The normalized spacial score (nSPS) is 43.0. The summed E-state index contributed by atoms with van der Waals surface area (Å²) in [7, 11) is 1.30. The van der Waals surface area contributed by atoms with Crippen molar-refractivity contribution >= 4 is 23.5 Å². The Hall–Kier alpha value is -2.24. The van der Waals surface area contributed by atoms with Gasteiger partial charge in [0.2, 0.25) is 0 Å². The first-order valence-electron chi connectivity index (χ1n) is 9.47.